The highest BCUT2D eigenvalue weighted by Crippen LogP contribution is 2.19. The first-order valence-corrected chi connectivity index (χ1v) is 12.2. The summed E-state index contributed by atoms with van der Waals surface area (Å²) in [6, 6.07) is -3.05. The summed E-state index contributed by atoms with van der Waals surface area (Å²) in [5.74, 6) is -4.33. The molecule has 0 bridgehead atoms. The van der Waals surface area contributed by atoms with Crippen LogP contribution in [0.3, 0.4) is 0 Å². The van der Waals surface area contributed by atoms with E-state index in [2.05, 4.69) is 5.32 Å². The van der Waals surface area contributed by atoms with Gasteiger partial charge in [-0.3, -0.25) is 24.1 Å². The minimum atomic E-state index is -1.57. The van der Waals surface area contributed by atoms with Gasteiger partial charge < -0.3 is 26.2 Å². The number of imide groups is 1. The molecule has 11 heteroatoms. The Morgan fingerprint density at radius 3 is 2.21 bits per heavy atom. The van der Waals surface area contributed by atoms with Crippen molar-refractivity contribution in [3.8, 4) is 0 Å². The molecule has 0 aromatic carbocycles. The first-order valence-electron chi connectivity index (χ1n) is 12.2. The number of carboxylic acid groups (broad SMARTS) is 2. The van der Waals surface area contributed by atoms with E-state index < -0.39 is 48.8 Å². The predicted molar refractivity (Wildman–Crippen MR) is 125 cm³/mol. The molecule has 5 N–H and O–H groups in total. The summed E-state index contributed by atoms with van der Waals surface area (Å²) < 4.78 is 0. The number of rotatable bonds is 15. The van der Waals surface area contributed by atoms with Crippen molar-refractivity contribution in [1.82, 2.24) is 15.1 Å². The smallest absolute Gasteiger partial charge is 0.326 e. The number of hydrogen-bond donors (Lipinski definition) is 4. The maximum Gasteiger partial charge on any atom is 0.326 e. The van der Waals surface area contributed by atoms with Crippen LogP contribution in [0.2, 0.25) is 0 Å². The average molecular weight is 485 g/mol. The van der Waals surface area contributed by atoms with Crippen LogP contribution >= 0.6 is 0 Å². The van der Waals surface area contributed by atoms with E-state index in [1.807, 2.05) is 6.92 Å². The lowest BCUT2D eigenvalue weighted by Crippen LogP contribution is -2.57. The summed E-state index contributed by atoms with van der Waals surface area (Å²) in [6.45, 7) is 5.24. The number of aliphatic carboxylic acids is 2. The molecule has 194 valence electrons. The van der Waals surface area contributed by atoms with Gasteiger partial charge in [0.05, 0.1) is 12.5 Å². The van der Waals surface area contributed by atoms with Crippen LogP contribution in [0.1, 0.15) is 71.6 Å². The van der Waals surface area contributed by atoms with Gasteiger partial charge in [0.25, 0.3) is 0 Å². The Bertz CT molecular complexity index is 709. The fourth-order valence-corrected chi connectivity index (χ4v) is 4.15. The third-order valence-corrected chi connectivity index (χ3v) is 6.17. The zero-order chi connectivity index (χ0) is 25.7. The van der Waals surface area contributed by atoms with E-state index in [1.54, 1.807) is 6.92 Å². The second-order valence-electron chi connectivity index (χ2n) is 8.80. The van der Waals surface area contributed by atoms with Crippen LogP contribution in [0.5, 0.6) is 0 Å². The molecule has 34 heavy (non-hydrogen) atoms. The number of piperidine rings is 1. The van der Waals surface area contributed by atoms with Crippen LogP contribution in [0, 0.1) is 5.92 Å². The largest absolute Gasteiger partial charge is 0.481 e. The Kier molecular flexibility index (Phi) is 13.4. The van der Waals surface area contributed by atoms with E-state index in [-0.39, 0.29) is 25.3 Å². The van der Waals surface area contributed by atoms with E-state index in [0.717, 1.165) is 32.4 Å². The molecule has 0 aromatic rings. The normalized spacial score (nSPS) is 15.9. The first kappa shape index (κ1) is 29.5. The molecule has 0 aliphatic carbocycles. The van der Waals surface area contributed by atoms with Gasteiger partial charge in [-0.15, -0.1) is 0 Å². The average Bonchev–Trinajstić information content (AvgIpc) is 2.79. The van der Waals surface area contributed by atoms with Crippen molar-refractivity contribution in [2.45, 2.75) is 83.7 Å². The van der Waals surface area contributed by atoms with Gasteiger partial charge >= 0.3 is 11.9 Å². The molecule has 2 atom stereocenters. The minimum absolute atomic E-state index is 0.0133. The molecule has 1 aliphatic heterocycles. The van der Waals surface area contributed by atoms with Gasteiger partial charge in [0.1, 0.15) is 12.6 Å². The van der Waals surface area contributed by atoms with Gasteiger partial charge in [-0.25, -0.2) is 4.79 Å². The zero-order valence-electron chi connectivity index (χ0n) is 20.3. The van der Waals surface area contributed by atoms with E-state index >= 15 is 0 Å². The number of carboxylic acids is 2. The van der Waals surface area contributed by atoms with Crippen molar-refractivity contribution in [3.63, 3.8) is 0 Å². The van der Waals surface area contributed by atoms with E-state index in [1.165, 1.54) is 4.90 Å². The van der Waals surface area contributed by atoms with Crippen LogP contribution in [0.15, 0.2) is 0 Å². The number of nitrogens with zero attached hydrogens (tertiary/aromatic N) is 2. The number of likely N-dealkylation sites (N-methyl/N-ethyl adjacent to an activating group) is 1. The van der Waals surface area contributed by atoms with Gasteiger partial charge in [0.2, 0.25) is 17.7 Å². The van der Waals surface area contributed by atoms with Gasteiger partial charge in [0.15, 0.2) is 0 Å². The number of unbranched alkanes of at least 4 members (excludes halogenated alkanes) is 1. The van der Waals surface area contributed by atoms with Crippen molar-refractivity contribution in [2.24, 2.45) is 11.7 Å². The number of hydrogen-bond acceptors (Lipinski definition) is 7. The molecule has 1 fully saturated rings. The van der Waals surface area contributed by atoms with Crippen molar-refractivity contribution in [3.05, 3.63) is 0 Å². The Labute approximate surface area is 201 Å². The van der Waals surface area contributed by atoms with Gasteiger partial charge in [-0.1, -0.05) is 19.8 Å². The van der Waals surface area contributed by atoms with Crippen molar-refractivity contribution in [2.75, 3.05) is 26.2 Å². The van der Waals surface area contributed by atoms with Crippen LogP contribution < -0.4 is 11.1 Å². The van der Waals surface area contributed by atoms with Crippen LogP contribution in [-0.4, -0.2) is 87.9 Å². The highest BCUT2D eigenvalue weighted by Gasteiger charge is 2.38. The molecule has 1 heterocycles. The summed E-state index contributed by atoms with van der Waals surface area (Å²) in [4.78, 5) is 63.5. The van der Waals surface area contributed by atoms with E-state index in [9.17, 15) is 29.1 Å². The summed E-state index contributed by atoms with van der Waals surface area (Å²) in [6.07, 6.45) is 4.37. The zero-order valence-corrected chi connectivity index (χ0v) is 20.3. The number of carbonyl (C=O) groups is 5. The molecule has 1 saturated heterocycles. The van der Waals surface area contributed by atoms with E-state index in [4.69, 9.17) is 10.8 Å². The maximum absolute atomic E-state index is 13.1. The lowest BCUT2D eigenvalue weighted by atomic mass is 9.92. The predicted octanol–water partition coefficient (Wildman–Crippen LogP) is 0.805. The molecule has 11 nitrogen and oxygen atoms in total. The summed E-state index contributed by atoms with van der Waals surface area (Å²) >= 11 is 0. The summed E-state index contributed by atoms with van der Waals surface area (Å²) in [5.41, 5.74) is 5.68. The summed E-state index contributed by atoms with van der Waals surface area (Å²) in [5, 5.41) is 22.0. The topological polar surface area (TPSA) is 170 Å². The fraction of sp³-hybridized carbons (Fsp3) is 0.783. The summed E-state index contributed by atoms with van der Waals surface area (Å²) in [7, 11) is 0. The number of nitrogens with two attached hydrogens (primary N) is 1. The monoisotopic (exact) mass is 484 g/mol. The van der Waals surface area contributed by atoms with Crippen LogP contribution in [0.25, 0.3) is 0 Å². The molecule has 0 aromatic heterocycles. The van der Waals surface area contributed by atoms with Crippen molar-refractivity contribution >= 4 is 29.7 Å². The van der Waals surface area contributed by atoms with Gasteiger partial charge in [-0.05, 0) is 58.0 Å². The van der Waals surface area contributed by atoms with Gasteiger partial charge in [0, 0.05) is 13.0 Å². The molecule has 1 rings (SSSR count). The highest BCUT2D eigenvalue weighted by atomic mass is 16.4. The quantitative estimate of drug-likeness (QED) is 0.262. The SMILES string of the molecule is CCCCC(C(=O)O)N(C(=O)CN(CC)C(=O)CCCC1CCNCC1)C(=O)C(N)CC(=O)O. The molecule has 2 unspecified atom stereocenters. The molecular weight excluding hydrogens is 444 g/mol. The molecule has 0 saturated carbocycles. The molecule has 0 spiro atoms. The van der Waals surface area contributed by atoms with Crippen LogP contribution in [-0.2, 0) is 24.0 Å². The molecule has 3 amide bonds. The fourth-order valence-electron chi connectivity index (χ4n) is 4.15. The third kappa shape index (κ3) is 9.76. The Morgan fingerprint density at radius 2 is 1.68 bits per heavy atom. The standard InChI is InChI=1S/C23H40N4O7/c1-3-5-8-18(23(33)34)27(22(32)17(24)14-21(30)31)20(29)15-26(4-2)19(28)9-6-7-16-10-12-25-13-11-16/h16-18,25H,3-15,24H2,1-2H3,(H,30,31)(H,33,34). The van der Waals surface area contributed by atoms with Crippen molar-refractivity contribution in [1.29, 1.82) is 0 Å². The first-order chi connectivity index (χ1) is 16.1. The number of carbonyl (C=O) groups excluding carboxylic acids is 3. The molecule has 1 aliphatic rings. The highest BCUT2D eigenvalue weighted by molar-refractivity contribution is 6.03. The van der Waals surface area contributed by atoms with Crippen molar-refractivity contribution < 1.29 is 34.2 Å². The Hall–Kier alpha value is -2.53. The maximum atomic E-state index is 13.1. The lowest BCUT2D eigenvalue weighted by molar-refractivity contribution is -0.161. The third-order valence-electron chi connectivity index (χ3n) is 6.17. The second-order valence-corrected chi connectivity index (χ2v) is 8.80. The second kappa shape index (κ2) is 15.4. The van der Waals surface area contributed by atoms with Gasteiger partial charge in [-0.2, -0.15) is 0 Å². The van der Waals surface area contributed by atoms with Crippen LogP contribution in [0.4, 0.5) is 0 Å². The molecule has 0 radical (unpaired) electrons. The number of amides is 3. The number of nitrogens with one attached hydrogen (secondary N) is 1. The Balaban J connectivity index is 2.91. The minimum Gasteiger partial charge on any atom is -0.481 e. The molecular formula is C23H40N4O7. The van der Waals surface area contributed by atoms with E-state index in [0.29, 0.717) is 30.1 Å². The Morgan fingerprint density at radius 1 is 1.03 bits per heavy atom. The lowest BCUT2D eigenvalue weighted by Gasteiger charge is -2.31.